The van der Waals surface area contributed by atoms with Crippen LogP contribution in [0.1, 0.15) is 36.8 Å². The Kier molecular flexibility index (Phi) is 5.95. The van der Waals surface area contributed by atoms with E-state index in [1.54, 1.807) is 48.5 Å². The van der Waals surface area contributed by atoms with Gasteiger partial charge in [0, 0.05) is 12.1 Å². The van der Waals surface area contributed by atoms with Crippen LogP contribution in [0.2, 0.25) is 0 Å². The van der Waals surface area contributed by atoms with Gasteiger partial charge < -0.3 is 0 Å². The van der Waals surface area contributed by atoms with Crippen LogP contribution < -0.4 is 9.44 Å². The summed E-state index contributed by atoms with van der Waals surface area (Å²) in [6, 6.07) is 13.2. The van der Waals surface area contributed by atoms with Crippen molar-refractivity contribution in [3.63, 3.8) is 0 Å². The van der Waals surface area contributed by atoms with Gasteiger partial charge in [0.15, 0.2) is 0 Å². The van der Waals surface area contributed by atoms with E-state index < -0.39 is 25.6 Å². The summed E-state index contributed by atoms with van der Waals surface area (Å²) in [6.07, 6.45) is 2.88. The molecule has 0 aliphatic heterocycles. The molecule has 0 heterocycles. The summed E-state index contributed by atoms with van der Waals surface area (Å²) in [5, 5.41) is 0. The summed E-state index contributed by atoms with van der Waals surface area (Å²) in [6.45, 7) is 3.80. The van der Waals surface area contributed by atoms with Crippen LogP contribution in [0.25, 0.3) is 0 Å². The minimum absolute atomic E-state index is 0.0221. The molecular weight excluding hydrogens is 396 g/mol. The zero-order valence-corrected chi connectivity index (χ0v) is 17.7. The average Bonchev–Trinajstić information content (AvgIpc) is 3.09. The molecule has 0 atom stereocenters. The van der Waals surface area contributed by atoms with Crippen LogP contribution in [0.5, 0.6) is 0 Å². The summed E-state index contributed by atoms with van der Waals surface area (Å²) < 4.78 is 56.3. The largest absolute Gasteiger partial charge is 0.241 e. The van der Waals surface area contributed by atoms with E-state index in [2.05, 4.69) is 9.44 Å². The van der Waals surface area contributed by atoms with Gasteiger partial charge in [0.05, 0.1) is 9.79 Å². The highest BCUT2D eigenvalue weighted by Gasteiger charge is 2.39. The van der Waals surface area contributed by atoms with Gasteiger partial charge in [0.25, 0.3) is 0 Å². The molecular formula is C20H26N2O4S2. The first-order valence-electron chi connectivity index (χ1n) is 9.29. The average molecular weight is 423 g/mol. The van der Waals surface area contributed by atoms with Gasteiger partial charge in [-0.3, -0.25) is 0 Å². The third-order valence-electron chi connectivity index (χ3n) is 5.17. The van der Waals surface area contributed by atoms with Gasteiger partial charge in [-0.25, -0.2) is 26.3 Å². The van der Waals surface area contributed by atoms with E-state index in [1.165, 1.54) is 0 Å². The Morgan fingerprint density at radius 1 is 0.750 bits per heavy atom. The normalized spacial score (nSPS) is 16.9. The number of benzene rings is 2. The quantitative estimate of drug-likeness (QED) is 0.718. The number of hydrogen-bond donors (Lipinski definition) is 2. The smallest absolute Gasteiger partial charge is 0.209 e. The third kappa shape index (κ3) is 4.81. The van der Waals surface area contributed by atoms with Crippen molar-refractivity contribution < 1.29 is 16.8 Å². The Hall–Kier alpha value is -1.74. The lowest BCUT2D eigenvalue weighted by Gasteiger charge is -2.30. The van der Waals surface area contributed by atoms with Crippen molar-refractivity contribution >= 4 is 20.0 Å². The Labute approximate surface area is 167 Å². The van der Waals surface area contributed by atoms with Crippen molar-refractivity contribution in [2.24, 2.45) is 0 Å². The number of aryl methyl sites for hydroxylation is 2. The van der Waals surface area contributed by atoms with E-state index >= 15 is 0 Å². The Morgan fingerprint density at radius 2 is 1.18 bits per heavy atom. The lowest BCUT2D eigenvalue weighted by molar-refractivity contribution is 0.385. The van der Waals surface area contributed by atoms with Gasteiger partial charge in [-0.1, -0.05) is 48.2 Å². The molecule has 0 bridgehead atoms. The minimum Gasteiger partial charge on any atom is -0.209 e. The highest BCUT2D eigenvalue weighted by molar-refractivity contribution is 7.90. The minimum atomic E-state index is -3.74. The van der Waals surface area contributed by atoms with Crippen molar-refractivity contribution in [2.75, 3.05) is 6.54 Å². The highest BCUT2D eigenvalue weighted by Crippen LogP contribution is 2.31. The molecule has 2 aromatic rings. The first-order chi connectivity index (χ1) is 13.1. The van der Waals surface area contributed by atoms with E-state index in [0.717, 1.165) is 24.0 Å². The predicted molar refractivity (Wildman–Crippen MR) is 109 cm³/mol. The molecule has 0 amide bonds. The summed E-state index contributed by atoms with van der Waals surface area (Å²) in [7, 11) is -7.45. The van der Waals surface area contributed by atoms with Gasteiger partial charge in [0.1, 0.15) is 0 Å². The summed E-state index contributed by atoms with van der Waals surface area (Å²) in [5.41, 5.74) is 1.12. The molecule has 3 rings (SSSR count). The number of rotatable bonds is 7. The van der Waals surface area contributed by atoms with Crippen LogP contribution in [0.15, 0.2) is 58.3 Å². The van der Waals surface area contributed by atoms with Crippen molar-refractivity contribution in [1.82, 2.24) is 9.44 Å². The lowest BCUT2D eigenvalue weighted by Crippen LogP contribution is -2.53. The van der Waals surface area contributed by atoms with Crippen LogP contribution >= 0.6 is 0 Å². The van der Waals surface area contributed by atoms with Gasteiger partial charge in [-0.15, -0.1) is 0 Å². The summed E-state index contributed by atoms with van der Waals surface area (Å²) in [5.74, 6) is 0. The molecule has 0 unspecified atom stereocenters. The maximum atomic E-state index is 12.8. The molecule has 1 aliphatic rings. The molecule has 6 nitrogen and oxygen atoms in total. The van der Waals surface area contributed by atoms with Gasteiger partial charge in [-0.2, -0.15) is 0 Å². The maximum absolute atomic E-state index is 12.8. The second-order valence-corrected chi connectivity index (χ2v) is 11.0. The fraction of sp³-hybridized carbons (Fsp3) is 0.400. The standard InChI is InChI=1S/C20H26N2O4S2/c1-16-5-9-18(10-6-16)27(23,24)21-15-20(13-3-4-14-20)22-28(25,26)19-11-7-17(2)8-12-19/h5-12,21-22H,3-4,13-15H2,1-2H3. The highest BCUT2D eigenvalue weighted by atomic mass is 32.2. The SMILES string of the molecule is Cc1ccc(S(=O)(=O)NCC2(NS(=O)(=O)c3ccc(C)cc3)CCCC2)cc1. The Balaban J connectivity index is 1.79. The molecule has 0 spiro atoms. The fourth-order valence-corrected chi connectivity index (χ4v) is 6.05. The van der Waals surface area contributed by atoms with Crippen LogP contribution in [0.4, 0.5) is 0 Å². The first-order valence-corrected chi connectivity index (χ1v) is 12.3. The monoisotopic (exact) mass is 422 g/mol. The maximum Gasteiger partial charge on any atom is 0.241 e. The molecule has 28 heavy (non-hydrogen) atoms. The molecule has 0 saturated heterocycles. The molecule has 1 saturated carbocycles. The number of nitrogens with one attached hydrogen (secondary N) is 2. The van der Waals surface area contributed by atoms with Crippen LogP contribution in [-0.2, 0) is 20.0 Å². The number of hydrogen-bond acceptors (Lipinski definition) is 4. The van der Waals surface area contributed by atoms with Gasteiger partial charge >= 0.3 is 0 Å². The van der Waals surface area contributed by atoms with Crippen LogP contribution in [0.3, 0.4) is 0 Å². The summed E-state index contributed by atoms with van der Waals surface area (Å²) in [4.78, 5) is 0.360. The second-order valence-electron chi connectivity index (χ2n) is 7.54. The molecule has 8 heteroatoms. The van der Waals surface area contributed by atoms with E-state index in [9.17, 15) is 16.8 Å². The zero-order valence-electron chi connectivity index (χ0n) is 16.1. The van der Waals surface area contributed by atoms with Gasteiger partial charge in [-0.05, 0) is 51.0 Å². The predicted octanol–water partition coefficient (Wildman–Crippen LogP) is 2.87. The van der Waals surface area contributed by atoms with E-state index in [4.69, 9.17) is 0 Å². The second kappa shape index (κ2) is 7.94. The molecule has 1 fully saturated rings. The van der Waals surface area contributed by atoms with Crippen LogP contribution in [-0.4, -0.2) is 28.9 Å². The Morgan fingerprint density at radius 3 is 1.64 bits per heavy atom. The Bertz CT molecular complexity index is 1020. The molecule has 2 aromatic carbocycles. The topological polar surface area (TPSA) is 92.3 Å². The van der Waals surface area contributed by atoms with Gasteiger partial charge in [0.2, 0.25) is 20.0 Å². The van der Waals surface area contributed by atoms with Crippen LogP contribution in [0, 0.1) is 13.8 Å². The molecule has 152 valence electrons. The molecule has 2 N–H and O–H groups in total. The molecule has 1 aliphatic carbocycles. The van der Waals surface area contributed by atoms with E-state index in [-0.39, 0.29) is 16.3 Å². The molecule has 0 aromatic heterocycles. The lowest BCUT2D eigenvalue weighted by atomic mass is 10.0. The van der Waals surface area contributed by atoms with Crippen molar-refractivity contribution in [1.29, 1.82) is 0 Å². The van der Waals surface area contributed by atoms with E-state index in [0.29, 0.717) is 12.8 Å². The fourth-order valence-electron chi connectivity index (χ4n) is 3.46. The third-order valence-corrected chi connectivity index (χ3v) is 8.19. The summed E-state index contributed by atoms with van der Waals surface area (Å²) >= 11 is 0. The zero-order chi connectivity index (χ0) is 20.4. The number of sulfonamides is 2. The first kappa shape index (κ1) is 21.0. The van der Waals surface area contributed by atoms with Crippen molar-refractivity contribution in [2.45, 2.75) is 54.9 Å². The molecule has 0 radical (unpaired) electrons. The van der Waals surface area contributed by atoms with Crippen molar-refractivity contribution in [3.05, 3.63) is 59.7 Å². The van der Waals surface area contributed by atoms with E-state index in [1.807, 2.05) is 13.8 Å². The van der Waals surface area contributed by atoms with Crippen molar-refractivity contribution in [3.8, 4) is 0 Å².